The predicted molar refractivity (Wildman–Crippen MR) is 83.4 cm³/mol. The first-order chi connectivity index (χ1) is 10.9. The number of methoxy groups -OCH3 is 1. The molecule has 124 valence electrons. The van der Waals surface area contributed by atoms with Gasteiger partial charge in [-0.2, -0.15) is 0 Å². The van der Waals surface area contributed by atoms with Crippen LogP contribution in [-0.2, 0) is 20.9 Å². The molecule has 0 aliphatic carbocycles. The lowest BCUT2D eigenvalue weighted by molar-refractivity contribution is -0.139. The quantitative estimate of drug-likeness (QED) is 0.779. The molecule has 4 amide bonds. The first kappa shape index (κ1) is 17.0. The molecule has 1 atom stereocenters. The molecule has 1 aromatic rings. The molecule has 1 heterocycles. The van der Waals surface area contributed by atoms with Crippen molar-refractivity contribution in [2.24, 2.45) is 0 Å². The molecule has 1 N–H and O–H groups in total. The van der Waals surface area contributed by atoms with Gasteiger partial charge in [-0.15, -0.1) is 0 Å². The lowest BCUT2D eigenvalue weighted by Crippen LogP contribution is -2.48. The predicted octanol–water partition coefficient (Wildman–Crippen LogP) is 0.602. The van der Waals surface area contributed by atoms with Gasteiger partial charge in [-0.1, -0.05) is 30.3 Å². The van der Waals surface area contributed by atoms with Crippen LogP contribution in [0.1, 0.15) is 12.5 Å². The number of likely N-dealkylation sites (N-methyl/N-ethyl adjacent to an activating group) is 1. The molecule has 7 heteroatoms. The van der Waals surface area contributed by atoms with E-state index in [1.807, 2.05) is 30.3 Å². The van der Waals surface area contributed by atoms with Crippen molar-refractivity contribution in [3.05, 3.63) is 35.9 Å². The van der Waals surface area contributed by atoms with Gasteiger partial charge in [-0.25, -0.2) is 4.79 Å². The molecule has 0 aromatic heterocycles. The highest BCUT2D eigenvalue weighted by molar-refractivity contribution is 6.08. The summed E-state index contributed by atoms with van der Waals surface area (Å²) in [7, 11) is 3.09. The second kappa shape index (κ2) is 6.78. The molecular weight excluding hydrogens is 298 g/mol. The van der Waals surface area contributed by atoms with Gasteiger partial charge in [0, 0.05) is 20.7 Å². The summed E-state index contributed by atoms with van der Waals surface area (Å²) < 4.78 is 4.97. The summed E-state index contributed by atoms with van der Waals surface area (Å²) in [6.07, 6.45) is 0. The third-order valence-corrected chi connectivity index (χ3v) is 3.76. The van der Waals surface area contributed by atoms with Gasteiger partial charge in [0.1, 0.15) is 12.1 Å². The van der Waals surface area contributed by atoms with Crippen LogP contribution in [-0.4, -0.2) is 60.5 Å². The number of hydrogen-bond donors (Lipinski definition) is 1. The third kappa shape index (κ3) is 3.68. The maximum absolute atomic E-state index is 12.3. The molecule has 1 saturated heterocycles. The Morgan fingerprint density at radius 1 is 1.30 bits per heavy atom. The van der Waals surface area contributed by atoms with Gasteiger partial charge in [0.25, 0.3) is 5.91 Å². The van der Waals surface area contributed by atoms with E-state index in [1.54, 1.807) is 14.0 Å². The van der Waals surface area contributed by atoms with Gasteiger partial charge < -0.3 is 15.0 Å². The standard InChI is InChI=1S/C16H21N3O4/c1-16(11-23-3)14(21)19(15(22)17-16)10-13(20)18(2)9-12-7-5-4-6-8-12/h4-8H,9-11H2,1-3H3,(H,17,22). The maximum atomic E-state index is 12.3. The lowest BCUT2D eigenvalue weighted by atomic mass is 10.0. The highest BCUT2D eigenvalue weighted by Gasteiger charge is 2.48. The fraction of sp³-hybridized carbons (Fsp3) is 0.438. The topological polar surface area (TPSA) is 79.0 Å². The molecule has 0 bridgehead atoms. The number of carbonyl (C=O) groups excluding carboxylic acids is 3. The Hall–Kier alpha value is -2.41. The molecule has 1 aliphatic heterocycles. The summed E-state index contributed by atoms with van der Waals surface area (Å²) in [5.41, 5.74) is -0.144. The Kier molecular flexibility index (Phi) is 5.00. The molecule has 1 aliphatic rings. The van der Waals surface area contributed by atoms with Crippen molar-refractivity contribution < 1.29 is 19.1 Å². The summed E-state index contributed by atoms with van der Waals surface area (Å²) in [6.45, 7) is 1.77. The normalized spacial score (nSPS) is 20.6. The van der Waals surface area contributed by atoms with Gasteiger partial charge in [0.15, 0.2) is 0 Å². The fourth-order valence-corrected chi connectivity index (χ4v) is 2.48. The van der Waals surface area contributed by atoms with E-state index in [0.29, 0.717) is 6.54 Å². The van der Waals surface area contributed by atoms with E-state index in [-0.39, 0.29) is 19.1 Å². The van der Waals surface area contributed by atoms with Crippen molar-refractivity contribution in [2.75, 3.05) is 27.3 Å². The fourth-order valence-electron chi connectivity index (χ4n) is 2.48. The van der Waals surface area contributed by atoms with Crippen molar-refractivity contribution in [2.45, 2.75) is 19.0 Å². The average Bonchev–Trinajstić information content (AvgIpc) is 2.72. The zero-order valence-electron chi connectivity index (χ0n) is 13.5. The molecule has 1 fully saturated rings. The van der Waals surface area contributed by atoms with Crippen molar-refractivity contribution in [1.82, 2.24) is 15.1 Å². The number of hydrogen-bond acceptors (Lipinski definition) is 4. The Bertz CT molecular complexity index is 605. The van der Waals surface area contributed by atoms with Crippen LogP contribution in [0.25, 0.3) is 0 Å². The number of carbonyl (C=O) groups is 3. The van der Waals surface area contributed by atoms with E-state index >= 15 is 0 Å². The Labute approximate surface area is 135 Å². The summed E-state index contributed by atoms with van der Waals surface area (Å²) in [6, 6.07) is 8.92. The first-order valence-corrected chi connectivity index (χ1v) is 7.28. The van der Waals surface area contributed by atoms with Gasteiger partial charge in [-0.3, -0.25) is 14.5 Å². The molecule has 1 aromatic carbocycles. The number of nitrogens with one attached hydrogen (secondary N) is 1. The molecular formula is C16H21N3O4. The molecule has 2 rings (SSSR count). The minimum absolute atomic E-state index is 0.0577. The summed E-state index contributed by atoms with van der Waals surface area (Å²) >= 11 is 0. The number of amides is 4. The molecule has 7 nitrogen and oxygen atoms in total. The highest BCUT2D eigenvalue weighted by atomic mass is 16.5. The number of rotatable bonds is 6. The highest BCUT2D eigenvalue weighted by Crippen LogP contribution is 2.18. The maximum Gasteiger partial charge on any atom is 0.325 e. The van der Waals surface area contributed by atoms with Crippen LogP contribution < -0.4 is 5.32 Å². The van der Waals surface area contributed by atoms with E-state index in [4.69, 9.17) is 4.74 Å². The van der Waals surface area contributed by atoms with Crippen LogP contribution in [0.2, 0.25) is 0 Å². The summed E-state index contributed by atoms with van der Waals surface area (Å²) in [4.78, 5) is 39.0. The first-order valence-electron chi connectivity index (χ1n) is 7.28. The molecule has 0 spiro atoms. The third-order valence-electron chi connectivity index (χ3n) is 3.76. The van der Waals surface area contributed by atoms with Crippen LogP contribution in [0.15, 0.2) is 30.3 Å². The Balaban J connectivity index is 1.99. The summed E-state index contributed by atoms with van der Waals surface area (Å²) in [5, 5.41) is 2.57. The van der Waals surface area contributed by atoms with Crippen molar-refractivity contribution in [1.29, 1.82) is 0 Å². The number of ether oxygens (including phenoxy) is 1. The van der Waals surface area contributed by atoms with E-state index in [2.05, 4.69) is 5.32 Å². The van der Waals surface area contributed by atoms with Crippen molar-refractivity contribution in [3.63, 3.8) is 0 Å². The minimum atomic E-state index is -1.12. The van der Waals surface area contributed by atoms with Crippen molar-refractivity contribution >= 4 is 17.8 Å². The van der Waals surface area contributed by atoms with Crippen LogP contribution in [0.4, 0.5) is 4.79 Å². The van der Waals surface area contributed by atoms with Crippen LogP contribution in [0, 0.1) is 0 Å². The van der Waals surface area contributed by atoms with Crippen LogP contribution in [0.5, 0.6) is 0 Å². The van der Waals surface area contributed by atoms with E-state index in [9.17, 15) is 14.4 Å². The van der Waals surface area contributed by atoms with Gasteiger partial charge >= 0.3 is 6.03 Å². The van der Waals surface area contributed by atoms with E-state index in [0.717, 1.165) is 10.5 Å². The van der Waals surface area contributed by atoms with Gasteiger partial charge in [-0.05, 0) is 12.5 Å². The smallest absolute Gasteiger partial charge is 0.325 e. The number of nitrogens with zero attached hydrogens (tertiary/aromatic N) is 2. The summed E-state index contributed by atoms with van der Waals surface area (Å²) in [5.74, 6) is -0.759. The molecule has 0 saturated carbocycles. The monoisotopic (exact) mass is 319 g/mol. The van der Waals surface area contributed by atoms with Crippen LogP contribution in [0.3, 0.4) is 0 Å². The van der Waals surface area contributed by atoms with Gasteiger partial charge in [0.05, 0.1) is 6.61 Å². The second-order valence-corrected chi connectivity index (χ2v) is 5.82. The van der Waals surface area contributed by atoms with Crippen LogP contribution >= 0.6 is 0 Å². The average molecular weight is 319 g/mol. The zero-order chi connectivity index (χ0) is 17.0. The number of benzene rings is 1. The molecule has 0 radical (unpaired) electrons. The lowest BCUT2D eigenvalue weighted by Gasteiger charge is -2.22. The number of urea groups is 1. The Morgan fingerprint density at radius 3 is 2.57 bits per heavy atom. The molecule has 23 heavy (non-hydrogen) atoms. The second-order valence-electron chi connectivity index (χ2n) is 5.82. The van der Waals surface area contributed by atoms with Crippen molar-refractivity contribution in [3.8, 4) is 0 Å². The van der Waals surface area contributed by atoms with Gasteiger partial charge in [0.2, 0.25) is 5.91 Å². The molecule has 1 unspecified atom stereocenters. The van der Waals surface area contributed by atoms with E-state index < -0.39 is 17.5 Å². The number of imide groups is 1. The largest absolute Gasteiger partial charge is 0.382 e. The van der Waals surface area contributed by atoms with E-state index in [1.165, 1.54) is 12.0 Å². The minimum Gasteiger partial charge on any atom is -0.382 e. The Morgan fingerprint density at radius 2 is 1.96 bits per heavy atom. The SMILES string of the molecule is COCC1(C)NC(=O)N(CC(=O)N(C)Cc2ccccc2)C1=O. The zero-order valence-corrected chi connectivity index (χ0v) is 13.5.